The zero-order valence-electron chi connectivity index (χ0n) is 22.5. The van der Waals surface area contributed by atoms with Crippen molar-refractivity contribution >= 4 is 35.4 Å². The van der Waals surface area contributed by atoms with Crippen molar-refractivity contribution in [2.24, 2.45) is 5.92 Å². The summed E-state index contributed by atoms with van der Waals surface area (Å²) < 4.78 is 16.4. The summed E-state index contributed by atoms with van der Waals surface area (Å²) in [6, 6.07) is 15.6. The molecule has 37 heavy (non-hydrogen) atoms. The number of carbonyl (C=O) groups is 2. The summed E-state index contributed by atoms with van der Waals surface area (Å²) in [7, 11) is 0. The van der Waals surface area contributed by atoms with Crippen LogP contribution in [0.1, 0.15) is 52.5 Å². The summed E-state index contributed by atoms with van der Waals surface area (Å²) in [4.78, 5) is 24.4. The van der Waals surface area contributed by atoms with E-state index in [1.165, 1.54) is 17.3 Å². The molecule has 8 heteroatoms. The number of halogens is 1. The van der Waals surface area contributed by atoms with Crippen molar-refractivity contribution in [1.82, 2.24) is 5.32 Å². The molecule has 0 saturated heterocycles. The van der Waals surface area contributed by atoms with Crippen molar-refractivity contribution in [2.75, 3.05) is 25.5 Å². The second-order valence-corrected chi connectivity index (χ2v) is 9.76. The molecule has 0 aliphatic rings. The SMILES string of the molecule is C=CC(=O)OCCNC(=O)OC(COc1ccc(C(CC)C(C)C)cc1)CSc1ccc(Cl)cc1.CC. The standard InChI is InChI=1S/C27H34ClNO5S.C2H6/c1-5-25(19(3)4)20-7-11-22(12-8-20)33-17-23(18-35-24-13-9-21(28)10-14-24)34-27(31)29-15-16-32-26(30)6-2;1-2/h6-14,19,23,25H,2,5,15-18H2,1,3-4H3,(H,29,31);1-2H3. The molecule has 2 atom stereocenters. The predicted octanol–water partition coefficient (Wildman–Crippen LogP) is 7.51. The summed E-state index contributed by atoms with van der Waals surface area (Å²) in [6.07, 6.45) is 1.03. The van der Waals surface area contributed by atoms with E-state index in [2.05, 4.69) is 44.8 Å². The van der Waals surface area contributed by atoms with Gasteiger partial charge in [-0.1, -0.05) is 64.9 Å². The highest BCUT2D eigenvalue weighted by Crippen LogP contribution is 2.29. The molecule has 0 saturated carbocycles. The van der Waals surface area contributed by atoms with Crippen molar-refractivity contribution in [3.8, 4) is 5.75 Å². The number of amides is 1. The highest BCUT2D eigenvalue weighted by Gasteiger charge is 2.17. The molecule has 2 aromatic carbocycles. The number of nitrogens with one attached hydrogen (secondary N) is 1. The van der Waals surface area contributed by atoms with Gasteiger partial charge in [-0.15, -0.1) is 11.8 Å². The number of ether oxygens (including phenoxy) is 3. The van der Waals surface area contributed by atoms with Crippen molar-refractivity contribution in [3.05, 3.63) is 71.8 Å². The summed E-state index contributed by atoms with van der Waals surface area (Å²) in [6.45, 7) is 14.3. The zero-order chi connectivity index (χ0) is 27.6. The van der Waals surface area contributed by atoms with E-state index < -0.39 is 18.2 Å². The third-order valence-corrected chi connectivity index (χ3v) is 6.69. The zero-order valence-corrected chi connectivity index (χ0v) is 24.1. The monoisotopic (exact) mass is 549 g/mol. The van der Waals surface area contributed by atoms with E-state index in [-0.39, 0.29) is 19.8 Å². The maximum absolute atomic E-state index is 12.3. The number of alkyl carbamates (subject to hydrolysis) is 1. The number of rotatable bonds is 14. The molecule has 0 aliphatic heterocycles. The molecule has 0 radical (unpaired) electrons. The fourth-order valence-electron chi connectivity index (χ4n) is 3.49. The first-order chi connectivity index (χ1) is 17.8. The van der Waals surface area contributed by atoms with E-state index in [0.29, 0.717) is 28.4 Å². The van der Waals surface area contributed by atoms with Crippen LogP contribution >= 0.6 is 23.4 Å². The van der Waals surface area contributed by atoms with Gasteiger partial charge in [0.2, 0.25) is 0 Å². The van der Waals surface area contributed by atoms with Gasteiger partial charge < -0.3 is 19.5 Å². The number of carbonyl (C=O) groups excluding carboxylic acids is 2. The molecule has 0 heterocycles. The molecule has 204 valence electrons. The molecular weight excluding hydrogens is 510 g/mol. The van der Waals surface area contributed by atoms with Gasteiger partial charge in [0.05, 0.1) is 6.54 Å². The predicted molar refractivity (Wildman–Crippen MR) is 153 cm³/mol. The first kappa shape index (κ1) is 32.4. The van der Waals surface area contributed by atoms with Gasteiger partial charge in [0.15, 0.2) is 0 Å². The Morgan fingerprint density at radius 2 is 1.73 bits per heavy atom. The first-order valence-electron chi connectivity index (χ1n) is 12.7. The smallest absolute Gasteiger partial charge is 0.407 e. The minimum absolute atomic E-state index is 0.0299. The van der Waals surface area contributed by atoms with Gasteiger partial charge in [-0.05, 0) is 60.2 Å². The van der Waals surface area contributed by atoms with Crippen LogP contribution in [0, 0.1) is 5.92 Å². The number of hydrogen-bond acceptors (Lipinski definition) is 6. The van der Waals surface area contributed by atoms with Crippen LogP contribution in [0.4, 0.5) is 4.79 Å². The van der Waals surface area contributed by atoms with Gasteiger partial charge in [-0.25, -0.2) is 9.59 Å². The fourth-order valence-corrected chi connectivity index (χ4v) is 4.48. The highest BCUT2D eigenvalue weighted by molar-refractivity contribution is 7.99. The van der Waals surface area contributed by atoms with E-state index in [1.807, 2.05) is 50.2 Å². The number of thioether (sulfide) groups is 1. The van der Waals surface area contributed by atoms with Gasteiger partial charge >= 0.3 is 12.1 Å². The molecule has 1 N–H and O–H groups in total. The van der Waals surface area contributed by atoms with Gasteiger partial charge in [-0.3, -0.25) is 0 Å². The molecule has 2 unspecified atom stereocenters. The average Bonchev–Trinajstić information content (AvgIpc) is 2.91. The summed E-state index contributed by atoms with van der Waals surface area (Å²) >= 11 is 7.50. The van der Waals surface area contributed by atoms with E-state index in [4.69, 9.17) is 25.8 Å². The third-order valence-electron chi connectivity index (χ3n) is 5.29. The van der Waals surface area contributed by atoms with Crippen LogP contribution in [0.25, 0.3) is 0 Å². The van der Waals surface area contributed by atoms with E-state index in [1.54, 1.807) is 0 Å². The molecule has 0 fully saturated rings. The van der Waals surface area contributed by atoms with Crippen LogP contribution in [-0.4, -0.2) is 43.7 Å². The Morgan fingerprint density at radius 3 is 2.30 bits per heavy atom. The Labute approximate surface area is 231 Å². The number of esters is 1. The normalized spacial score (nSPS) is 12.0. The van der Waals surface area contributed by atoms with E-state index >= 15 is 0 Å². The lowest BCUT2D eigenvalue weighted by Crippen LogP contribution is -2.35. The van der Waals surface area contributed by atoms with Crippen molar-refractivity contribution < 1.29 is 23.8 Å². The second kappa shape index (κ2) is 18.6. The summed E-state index contributed by atoms with van der Waals surface area (Å²) in [5, 5.41) is 3.24. The quantitative estimate of drug-likeness (QED) is 0.114. The third kappa shape index (κ3) is 12.9. The Bertz CT molecular complexity index is 934. The maximum Gasteiger partial charge on any atom is 0.407 e. The molecular formula is C29H40ClNO5S. The number of hydrogen-bond donors (Lipinski definition) is 1. The Balaban J connectivity index is 0.00000334. The topological polar surface area (TPSA) is 73.9 Å². The molecule has 0 aromatic heterocycles. The maximum atomic E-state index is 12.3. The highest BCUT2D eigenvalue weighted by atomic mass is 35.5. The van der Waals surface area contributed by atoms with Gasteiger partial charge in [0, 0.05) is 21.7 Å². The molecule has 1 amide bonds. The molecule has 2 rings (SSSR count). The molecule has 2 aromatic rings. The minimum Gasteiger partial charge on any atom is -0.490 e. The van der Waals surface area contributed by atoms with E-state index in [0.717, 1.165) is 17.4 Å². The van der Waals surface area contributed by atoms with Crippen LogP contribution in [0.2, 0.25) is 5.02 Å². The Morgan fingerprint density at radius 1 is 1.08 bits per heavy atom. The van der Waals surface area contributed by atoms with Crippen molar-refractivity contribution in [1.29, 1.82) is 0 Å². The van der Waals surface area contributed by atoms with Crippen LogP contribution in [0.3, 0.4) is 0 Å². The Hall–Kier alpha value is -2.64. The fraction of sp³-hybridized carbons (Fsp3) is 0.448. The van der Waals surface area contributed by atoms with Crippen LogP contribution < -0.4 is 10.1 Å². The lowest BCUT2D eigenvalue weighted by molar-refractivity contribution is -0.137. The largest absolute Gasteiger partial charge is 0.490 e. The molecule has 0 aliphatic carbocycles. The van der Waals surface area contributed by atoms with Crippen LogP contribution in [-0.2, 0) is 14.3 Å². The Kier molecular flexibility index (Phi) is 16.3. The lowest BCUT2D eigenvalue weighted by Gasteiger charge is -2.21. The van der Waals surface area contributed by atoms with E-state index in [9.17, 15) is 9.59 Å². The summed E-state index contributed by atoms with van der Waals surface area (Å²) in [5.41, 5.74) is 1.29. The summed E-state index contributed by atoms with van der Waals surface area (Å²) in [5.74, 6) is 1.73. The molecule has 0 bridgehead atoms. The van der Waals surface area contributed by atoms with Gasteiger partial charge in [0.25, 0.3) is 0 Å². The van der Waals surface area contributed by atoms with Gasteiger partial charge in [0.1, 0.15) is 25.1 Å². The van der Waals surface area contributed by atoms with Crippen molar-refractivity contribution in [2.45, 2.75) is 58.0 Å². The first-order valence-corrected chi connectivity index (χ1v) is 14.0. The van der Waals surface area contributed by atoms with Gasteiger partial charge in [-0.2, -0.15) is 0 Å². The van der Waals surface area contributed by atoms with Crippen molar-refractivity contribution in [3.63, 3.8) is 0 Å². The minimum atomic E-state index is -0.608. The average molecular weight is 550 g/mol. The molecule has 6 nitrogen and oxygen atoms in total. The molecule has 0 spiro atoms. The second-order valence-electron chi connectivity index (χ2n) is 8.23. The van der Waals surface area contributed by atoms with Crippen LogP contribution in [0.15, 0.2) is 66.1 Å². The number of benzene rings is 2. The lowest BCUT2D eigenvalue weighted by atomic mass is 9.86. The van der Waals surface area contributed by atoms with Crippen LogP contribution in [0.5, 0.6) is 5.75 Å².